The minimum atomic E-state index is -1.69. The molecule has 23 heavy (non-hydrogen) atoms. The van der Waals surface area contributed by atoms with Crippen molar-refractivity contribution < 1.29 is 18.9 Å². The van der Waals surface area contributed by atoms with Crippen LogP contribution in [-0.4, -0.2) is 17.2 Å². The molecule has 0 bridgehead atoms. The molecule has 1 aliphatic carbocycles. The lowest BCUT2D eigenvalue weighted by Crippen LogP contribution is -2.30. The second-order valence-electron chi connectivity index (χ2n) is 5.54. The largest absolute Gasteiger partial charge is 0.496 e. The van der Waals surface area contributed by atoms with E-state index < -0.39 is 7.12 Å². The molecule has 0 radical (unpaired) electrons. The maximum absolute atomic E-state index is 9.90. The van der Waals surface area contributed by atoms with E-state index in [1.54, 1.807) is 6.08 Å². The van der Waals surface area contributed by atoms with Crippen LogP contribution in [0.4, 0.5) is 0 Å². The van der Waals surface area contributed by atoms with E-state index in [1.807, 2.05) is 42.5 Å². The molecular formula is C18H10BO4+. The first-order valence-electron chi connectivity index (χ1n) is 7.26. The Morgan fingerprint density at radius 1 is 0.957 bits per heavy atom. The van der Waals surface area contributed by atoms with Gasteiger partial charge in [0.1, 0.15) is 28.9 Å². The zero-order valence-corrected chi connectivity index (χ0v) is 11.9. The molecule has 0 fully saturated rings. The van der Waals surface area contributed by atoms with Crippen molar-refractivity contribution in [2.45, 2.75) is 0 Å². The van der Waals surface area contributed by atoms with Gasteiger partial charge < -0.3 is 18.9 Å². The summed E-state index contributed by atoms with van der Waals surface area (Å²) in [5.41, 5.74) is 2.74. The molecule has 0 amide bonds. The first kappa shape index (κ1) is 12.7. The van der Waals surface area contributed by atoms with Gasteiger partial charge in [0.15, 0.2) is 5.58 Å². The van der Waals surface area contributed by atoms with E-state index in [-0.39, 0.29) is 5.46 Å². The summed E-state index contributed by atoms with van der Waals surface area (Å²) in [5, 5.41) is 22.4. The predicted molar refractivity (Wildman–Crippen MR) is 90.1 cm³/mol. The Bertz CT molecular complexity index is 1140. The van der Waals surface area contributed by atoms with Gasteiger partial charge in [-0.3, -0.25) is 0 Å². The molecule has 1 aliphatic rings. The number of hydrogen-bond acceptors (Lipinski definition) is 4. The standard InChI is InChI=1S/C18H10BO4/c20-19(21)16-17-12(10-5-1-3-7-14(10)22-17)9-13-11-6-2-4-8-15(11)23-18(13)16/h1-3,5-9,20-21H/q+1. The Hall–Kier alpha value is -2.85. The van der Waals surface area contributed by atoms with Crippen LogP contribution in [0.15, 0.2) is 45.2 Å². The third-order valence-corrected chi connectivity index (χ3v) is 4.24. The van der Waals surface area contributed by atoms with Gasteiger partial charge in [-0.25, -0.2) is 0 Å². The summed E-state index contributed by atoms with van der Waals surface area (Å²) < 4.78 is 11.7. The normalized spacial score (nSPS) is 13.0. The topological polar surface area (TPSA) is 66.7 Å². The van der Waals surface area contributed by atoms with Gasteiger partial charge >= 0.3 is 7.12 Å². The van der Waals surface area contributed by atoms with E-state index in [0.29, 0.717) is 22.5 Å². The molecule has 0 atom stereocenters. The molecule has 5 heteroatoms. The average Bonchev–Trinajstić information content (AvgIpc) is 3.10. The molecule has 0 unspecified atom stereocenters. The van der Waals surface area contributed by atoms with Gasteiger partial charge in [-0.05, 0) is 12.1 Å². The Morgan fingerprint density at radius 2 is 1.78 bits per heavy atom. The van der Waals surface area contributed by atoms with Crippen molar-refractivity contribution in [2.75, 3.05) is 0 Å². The number of allylic oxidation sites excluding steroid dienone is 2. The SMILES string of the molecule is OB(O)c1c2oc3c(c2cc2c1oc1ccccc12)C=C[C+]=C3. The third kappa shape index (κ3) is 1.61. The Labute approximate surface area is 131 Å². The van der Waals surface area contributed by atoms with Gasteiger partial charge in [0, 0.05) is 16.8 Å². The summed E-state index contributed by atoms with van der Waals surface area (Å²) in [6.45, 7) is 0. The number of fused-ring (bicyclic) bond motifs is 6. The van der Waals surface area contributed by atoms with Crippen LogP contribution in [0.5, 0.6) is 0 Å². The zero-order valence-electron chi connectivity index (χ0n) is 11.9. The molecule has 2 heterocycles. The Morgan fingerprint density at radius 3 is 2.65 bits per heavy atom. The summed E-state index contributed by atoms with van der Waals surface area (Å²) in [6.07, 6.45) is 8.42. The highest BCUT2D eigenvalue weighted by atomic mass is 16.4. The summed E-state index contributed by atoms with van der Waals surface area (Å²) in [6, 6.07) is 9.61. The van der Waals surface area contributed by atoms with Gasteiger partial charge in [-0.1, -0.05) is 18.2 Å². The van der Waals surface area contributed by atoms with Crippen LogP contribution in [0, 0.1) is 6.08 Å². The third-order valence-electron chi connectivity index (χ3n) is 4.24. The van der Waals surface area contributed by atoms with Crippen LogP contribution in [0.3, 0.4) is 0 Å². The van der Waals surface area contributed by atoms with Crippen LogP contribution in [0.1, 0.15) is 11.3 Å². The highest BCUT2D eigenvalue weighted by Crippen LogP contribution is 2.36. The summed E-state index contributed by atoms with van der Waals surface area (Å²) in [5.74, 6) is 0.654. The first-order valence-corrected chi connectivity index (χ1v) is 7.26. The number of hydrogen-bond donors (Lipinski definition) is 2. The van der Waals surface area contributed by atoms with Crippen molar-refractivity contribution in [3.05, 3.63) is 53.8 Å². The number of para-hydroxylation sites is 1. The zero-order chi connectivity index (χ0) is 15.6. The van der Waals surface area contributed by atoms with E-state index in [0.717, 1.165) is 21.7 Å². The highest BCUT2D eigenvalue weighted by molar-refractivity contribution is 6.65. The van der Waals surface area contributed by atoms with E-state index in [1.165, 1.54) is 0 Å². The van der Waals surface area contributed by atoms with E-state index in [2.05, 4.69) is 6.08 Å². The molecule has 2 N–H and O–H groups in total. The molecule has 5 rings (SSSR count). The molecule has 2 aromatic heterocycles. The Balaban J connectivity index is 2.05. The maximum Gasteiger partial charge on any atom is 0.496 e. The van der Waals surface area contributed by atoms with Gasteiger partial charge in [0.2, 0.25) is 5.76 Å². The Kier molecular flexibility index (Phi) is 2.39. The molecular weight excluding hydrogens is 291 g/mol. The number of rotatable bonds is 1. The predicted octanol–water partition coefficient (Wildman–Crippen LogP) is 2.86. The lowest BCUT2D eigenvalue weighted by atomic mass is 9.78. The van der Waals surface area contributed by atoms with Crippen LogP contribution >= 0.6 is 0 Å². The maximum atomic E-state index is 9.90. The molecule has 4 nitrogen and oxygen atoms in total. The van der Waals surface area contributed by atoms with Crippen molar-refractivity contribution in [1.82, 2.24) is 0 Å². The minimum Gasteiger partial charge on any atom is -0.456 e. The van der Waals surface area contributed by atoms with Crippen molar-refractivity contribution in [2.24, 2.45) is 0 Å². The monoisotopic (exact) mass is 301 g/mol. The average molecular weight is 301 g/mol. The first-order chi connectivity index (χ1) is 11.2. The summed E-state index contributed by atoms with van der Waals surface area (Å²) in [4.78, 5) is 0. The lowest BCUT2D eigenvalue weighted by molar-refractivity contribution is 0.425. The molecule has 0 saturated heterocycles. The van der Waals surface area contributed by atoms with Crippen LogP contribution in [0.2, 0.25) is 0 Å². The summed E-state index contributed by atoms with van der Waals surface area (Å²) >= 11 is 0. The molecule has 108 valence electrons. The van der Waals surface area contributed by atoms with E-state index >= 15 is 0 Å². The minimum absolute atomic E-state index is 0.255. The fraction of sp³-hybridized carbons (Fsp3) is 0. The van der Waals surface area contributed by atoms with Crippen molar-refractivity contribution in [1.29, 1.82) is 0 Å². The van der Waals surface area contributed by atoms with Crippen molar-refractivity contribution in [3.8, 4) is 0 Å². The fourth-order valence-electron chi connectivity index (χ4n) is 3.24. The van der Waals surface area contributed by atoms with Crippen LogP contribution in [-0.2, 0) is 0 Å². The number of benzene rings is 2. The smallest absolute Gasteiger partial charge is 0.456 e. The second-order valence-corrected chi connectivity index (χ2v) is 5.54. The van der Waals surface area contributed by atoms with Gasteiger partial charge in [0.05, 0.1) is 16.9 Å². The van der Waals surface area contributed by atoms with Crippen LogP contribution in [0.25, 0.3) is 45.1 Å². The lowest BCUT2D eigenvalue weighted by Gasteiger charge is -2.01. The fourth-order valence-corrected chi connectivity index (χ4v) is 3.24. The molecule has 0 spiro atoms. The van der Waals surface area contributed by atoms with Gasteiger partial charge in [0.25, 0.3) is 0 Å². The second kappa shape index (κ2) is 4.34. The van der Waals surface area contributed by atoms with Crippen molar-refractivity contribution >= 4 is 57.6 Å². The summed E-state index contributed by atoms with van der Waals surface area (Å²) in [7, 11) is -1.69. The quantitative estimate of drug-likeness (QED) is 0.419. The van der Waals surface area contributed by atoms with E-state index in [4.69, 9.17) is 8.83 Å². The molecule has 0 saturated carbocycles. The molecule has 0 aliphatic heterocycles. The highest BCUT2D eigenvalue weighted by Gasteiger charge is 2.30. The molecule has 2 aromatic carbocycles. The number of furan rings is 2. The molecule has 4 aromatic rings. The van der Waals surface area contributed by atoms with Gasteiger partial charge in [-0.15, -0.1) is 0 Å². The van der Waals surface area contributed by atoms with Crippen molar-refractivity contribution in [3.63, 3.8) is 0 Å². The van der Waals surface area contributed by atoms with Crippen LogP contribution < -0.4 is 5.46 Å². The van der Waals surface area contributed by atoms with E-state index in [9.17, 15) is 10.0 Å². The van der Waals surface area contributed by atoms with Gasteiger partial charge in [-0.2, -0.15) is 0 Å².